The second-order valence-electron chi connectivity index (χ2n) is 3.53. The number of para-hydroxylation sites is 2. The predicted molar refractivity (Wildman–Crippen MR) is 64.7 cm³/mol. The molecular formula is C12H11N5. The average molecular weight is 225 g/mol. The summed E-state index contributed by atoms with van der Waals surface area (Å²) in [6.07, 6.45) is 0. The van der Waals surface area contributed by atoms with Gasteiger partial charge in [-0.25, -0.2) is 0 Å². The maximum Gasteiger partial charge on any atom is 0.170 e. The molecule has 0 saturated carbocycles. The van der Waals surface area contributed by atoms with Crippen molar-refractivity contribution in [3.8, 4) is 12.1 Å². The molecule has 1 aromatic carbocycles. The third-order valence-electron chi connectivity index (χ3n) is 2.53. The molecule has 0 spiro atoms. The Bertz CT molecular complexity index is 531. The summed E-state index contributed by atoms with van der Waals surface area (Å²) in [6.45, 7) is 1.01. The molecule has 1 aliphatic rings. The Kier molecular flexibility index (Phi) is 2.95. The minimum atomic E-state index is 0.0645. The number of nitriles is 2. The van der Waals surface area contributed by atoms with Gasteiger partial charge in [0.05, 0.1) is 11.4 Å². The quantitative estimate of drug-likeness (QED) is 0.736. The van der Waals surface area contributed by atoms with Crippen LogP contribution in [0.4, 0.5) is 11.4 Å². The van der Waals surface area contributed by atoms with Crippen LogP contribution in [0, 0.1) is 22.7 Å². The molecule has 17 heavy (non-hydrogen) atoms. The van der Waals surface area contributed by atoms with Crippen molar-refractivity contribution in [3.63, 3.8) is 0 Å². The number of hydrogen-bond acceptors (Lipinski definition) is 5. The molecule has 84 valence electrons. The van der Waals surface area contributed by atoms with Gasteiger partial charge in [-0.1, -0.05) is 12.1 Å². The van der Waals surface area contributed by atoms with Crippen LogP contribution in [0.3, 0.4) is 0 Å². The van der Waals surface area contributed by atoms with Gasteiger partial charge in [0, 0.05) is 13.1 Å². The summed E-state index contributed by atoms with van der Waals surface area (Å²) in [4.78, 5) is 1.86. The van der Waals surface area contributed by atoms with Crippen molar-refractivity contribution in [2.75, 3.05) is 23.3 Å². The monoisotopic (exact) mass is 225 g/mol. The van der Waals surface area contributed by atoms with Crippen LogP contribution in [0.15, 0.2) is 35.7 Å². The number of fused-ring (bicyclic) bond motifs is 1. The smallest absolute Gasteiger partial charge is 0.170 e. The Hall–Kier alpha value is -2.50. The lowest BCUT2D eigenvalue weighted by Crippen LogP contribution is -2.28. The SMILES string of the molecule is N#CC(C#N)=C1Nc2ccccc2N1CCN. The third kappa shape index (κ3) is 1.80. The number of allylic oxidation sites excluding steroid dienone is 1. The summed E-state index contributed by atoms with van der Waals surface area (Å²) < 4.78 is 0. The summed E-state index contributed by atoms with van der Waals surface area (Å²) in [7, 11) is 0. The molecule has 0 aliphatic carbocycles. The van der Waals surface area contributed by atoms with Crippen LogP contribution in [-0.2, 0) is 0 Å². The molecule has 5 heteroatoms. The van der Waals surface area contributed by atoms with Crippen LogP contribution >= 0.6 is 0 Å². The molecule has 1 aliphatic heterocycles. The van der Waals surface area contributed by atoms with Crippen LogP contribution < -0.4 is 16.0 Å². The number of nitrogens with two attached hydrogens (primary N) is 1. The van der Waals surface area contributed by atoms with Gasteiger partial charge in [-0.15, -0.1) is 0 Å². The van der Waals surface area contributed by atoms with Crippen LogP contribution in [0.5, 0.6) is 0 Å². The molecule has 1 aromatic rings. The summed E-state index contributed by atoms with van der Waals surface area (Å²) >= 11 is 0. The van der Waals surface area contributed by atoms with Gasteiger partial charge in [0.1, 0.15) is 18.0 Å². The number of nitrogens with zero attached hydrogens (tertiary/aromatic N) is 3. The van der Waals surface area contributed by atoms with Gasteiger partial charge in [0.25, 0.3) is 0 Å². The van der Waals surface area contributed by atoms with Crippen molar-refractivity contribution in [2.24, 2.45) is 5.73 Å². The van der Waals surface area contributed by atoms with Crippen molar-refractivity contribution >= 4 is 11.4 Å². The number of nitrogens with one attached hydrogen (secondary N) is 1. The predicted octanol–water partition coefficient (Wildman–Crippen LogP) is 1.14. The highest BCUT2D eigenvalue weighted by Crippen LogP contribution is 2.36. The van der Waals surface area contributed by atoms with E-state index < -0.39 is 0 Å². The fourth-order valence-electron chi connectivity index (χ4n) is 1.82. The lowest BCUT2D eigenvalue weighted by molar-refractivity contribution is 0.898. The van der Waals surface area contributed by atoms with Crippen molar-refractivity contribution < 1.29 is 0 Å². The first-order valence-corrected chi connectivity index (χ1v) is 5.20. The summed E-state index contributed by atoms with van der Waals surface area (Å²) in [6, 6.07) is 11.4. The third-order valence-corrected chi connectivity index (χ3v) is 2.53. The summed E-state index contributed by atoms with van der Waals surface area (Å²) in [5, 5.41) is 20.9. The fraction of sp³-hybridized carbons (Fsp3) is 0.167. The van der Waals surface area contributed by atoms with E-state index in [9.17, 15) is 0 Å². The van der Waals surface area contributed by atoms with Crippen molar-refractivity contribution in [1.82, 2.24) is 0 Å². The van der Waals surface area contributed by atoms with E-state index in [-0.39, 0.29) is 5.57 Å². The topological polar surface area (TPSA) is 88.9 Å². The largest absolute Gasteiger partial charge is 0.338 e. The van der Waals surface area contributed by atoms with Crippen molar-refractivity contribution in [2.45, 2.75) is 0 Å². The molecule has 0 radical (unpaired) electrons. The van der Waals surface area contributed by atoms with Gasteiger partial charge in [-0.05, 0) is 12.1 Å². The van der Waals surface area contributed by atoms with Gasteiger partial charge >= 0.3 is 0 Å². The van der Waals surface area contributed by atoms with Crippen LogP contribution in [0.1, 0.15) is 0 Å². The maximum atomic E-state index is 8.92. The number of anilines is 2. The normalized spacial score (nSPS) is 12.4. The minimum Gasteiger partial charge on any atom is -0.338 e. The lowest BCUT2D eigenvalue weighted by atomic mass is 10.2. The first-order chi connectivity index (χ1) is 8.31. The van der Waals surface area contributed by atoms with Gasteiger partial charge in [-0.3, -0.25) is 0 Å². The summed E-state index contributed by atoms with van der Waals surface area (Å²) in [5.41, 5.74) is 7.45. The van der Waals surface area contributed by atoms with E-state index in [2.05, 4.69) is 5.32 Å². The van der Waals surface area contributed by atoms with E-state index in [1.54, 1.807) is 0 Å². The Morgan fingerprint density at radius 1 is 1.29 bits per heavy atom. The molecule has 0 saturated heterocycles. The molecule has 3 N–H and O–H groups in total. The Morgan fingerprint density at radius 2 is 2.00 bits per heavy atom. The second-order valence-corrected chi connectivity index (χ2v) is 3.53. The number of rotatable bonds is 2. The number of hydrogen-bond donors (Lipinski definition) is 2. The van der Waals surface area contributed by atoms with E-state index in [1.165, 1.54) is 0 Å². The van der Waals surface area contributed by atoms with Crippen LogP contribution in [0.25, 0.3) is 0 Å². The molecule has 0 atom stereocenters. The first kappa shape index (κ1) is 11.0. The molecule has 0 amide bonds. The van der Waals surface area contributed by atoms with Crippen LogP contribution in [0.2, 0.25) is 0 Å². The average Bonchev–Trinajstić information content (AvgIpc) is 2.71. The first-order valence-electron chi connectivity index (χ1n) is 5.20. The fourth-order valence-corrected chi connectivity index (χ4v) is 1.82. The van der Waals surface area contributed by atoms with Crippen molar-refractivity contribution in [3.05, 3.63) is 35.7 Å². The highest BCUT2D eigenvalue weighted by Gasteiger charge is 2.25. The molecule has 0 unspecified atom stereocenters. The Balaban J connectivity index is 2.52. The van der Waals surface area contributed by atoms with E-state index >= 15 is 0 Å². The second kappa shape index (κ2) is 4.56. The lowest BCUT2D eigenvalue weighted by Gasteiger charge is -2.18. The standard InChI is InChI=1S/C12H11N5/c13-5-6-17-11-4-2-1-3-10(11)16-12(17)9(7-14)8-15/h1-4,16H,5-6,13H2. The highest BCUT2D eigenvalue weighted by molar-refractivity contribution is 5.82. The molecule has 0 fully saturated rings. The van der Waals surface area contributed by atoms with Gasteiger partial charge in [-0.2, -0.15) is 10.5 Å². The van der Waals surface area contributed by atoms with Crippen LogP contribution in [-0.4, -0.2) is 13.1 Å². The van der Waals surface area contributed by atoms with Gasteiger partial charge in [0.2, 0.25) is 0 Å². The molecule has 0 bridgehead atoms. The molecule has 1 heterocycles. The Labute approximate surface area is 99.4 Å². The van der Waals surface area contributed by atoms with E-state index in [0.29, 0.717) is 18.9 Å². The van der Waals surface area contributed by atoms with Gasteiger partial charge in [0.15, 0.2) is 5.57 Å². The molecular weight excluding hydrogens is 214 g/mol. The molecule has 2 rings (SSSR count). The number of benzene rings is 1. The van der Waals surface area contributed by atoms with E-state index in [0.717, 1.165) is 11.4 Å². The maximum absolute atomic E-state index is 8.92. The summed E-state index contributed by atoms with van der Waals surface area (Å²) in [5.74, 6) is 0.515. The molecule has 0 aromatic heterocycles. The van der Waals surface area contributed by atoms with E-state index in [1.807, 2.05) is 41.3 Å². The minimum absolute atomic E-state index is 0.0645. The van der Waals surface area contributed by atoms with Gasteiger partial charge < -0.3 is 16.0 Å². The zero-order chi connectivity index (χ0) is 12.3. The Morgan fingerprint density at radius 3 is 2.65 bits per heavy atom. The zero-order valence-corrected chi connectivity index (χ0v) is 9.14. The highest BCUT2D eigenvalue weighted by atomic mass is 15.3. The molecule has 5 nitrogen and oxygen atoms in total. The van der Waals surface area contributed by atoms with E-state index in [4.69, 9.17) is 16.3 Å². The van der Waals surface area contributed by atoms with Crippen molar-refractivity contribution in [1.29, 1.82) is 10.5 Å². The zero-order valence-electron chi connectivity index (χ0n) is 9.14.